The molecule has 2 unspecified atom stereocenters. The monoisotopic (exact) mass is 1450 g/mol. The first-order valence-corrected chi connectivity index (χ1v) is 43.2. The molecule has 0 rings (SSSR count). The van der Waals surface area contributed by atoms with Gasteiger partial charge < -0.3 is 33.8 Å². The average molecular weight is 1450 g/mol. The first-order chi connectivity index (χ1) is 48.7. The summed E-state index contributed by atoms with van der Waals surface area (Å²) in [5.74, 6) is -2.25. The summed E-state index contributed by atoms with van der Waals surface area (Å²) in [6.45, 7) is 4.81. The van der Waals surface area contributed by atoms with E-state index < -0.39 is 97.5 Å². The van der Waals surface area contributed by atoms with Crippen LogP contribution >= 0.6 is 15.6 Å². The van der Waals surface area contributed by atoms with Crippen molar-refractivity contribution in [2.45, 2.75) is 380 Å². The number of phosphoric ester groups is 2. The summed E-state index contributed by atoms with van der Waals surface area (Å²) in [7, 11) is -9.96. The lowest BCUT2D eigenvalue weighted by molar-refractivity contribution is -0.161. The van der Waals surface area contributed by atoms with Gasteiger partial charge in [0.05, 0.1) is 26.4 Å². The number of aliphatic hydroxyl groups is 1. The first kappa shape index (κ1) is 96.5. The van der Waals surface area contributed by atoms with E-state index in [1.165, 1.54) is 173 Å². The molecule has 0 saturated heterocycles. The van der Waals surface area contributed by atoms with E-state index in [-0.39, 0.29) is 25.7 Å². The van der Waals surface area contributed by atoms with Gasteiger partial charge in [0.2, 0.25) is 0 Å². The molecule has 5 atom stereocenters. The van der Waals surface area contributed by atoms with E-state index in [4.69, 9.17) is 37.0 Å². The van der Waals surface area contributed by atoms with Crippen molar-refractivity contribution in [3.63, 3.8) is 0 Å². The number of hydrogen-bond acceptors (Lipinski definition) is 15. The van der Waals surface area contributed by atoms with Crippen LogP contribution in [0.5, 0.6) is 0 Å². The van der Waals surface area contributed by atoms with E-state index in [0.717, 1.165) is 103 Å². The number of esters is 4. The van der Waals surface area contributed by atoms with Crippen molar-refractivity contribution in [2.75, 3.05) is 39.6 Å². The van der Waals surface area contributed by atoms with Gasteiger partial charge in [-0.25, -0.2) is 9.13 Å². The van der Waals surface area contributed by atoms with E-state index in [9.17, 15) is 43.2 Å². The Hall–Kier alpha value is -3.50. The van der Waals surface area contributed by atoms with Crippen LogP contribution in [-0.4, -0.2) is 96.7 Å². The zero-order chi connectivity index (χ0) is 73.2. The van der Waals surface area contributed by atoms with Crippen molar-refractivity contribution in [1.82, 2.24) is 0 Å². The van der Waals surface area contributed by atoms with Crippen LogP contribution in [0.1, 0.15) is 362 Å². The molecule has 0 saturated carbocycles. The molecule has 0 bridgehead atoms. The Kier molecular flexibility index (Phi) is 71.2. The molecule has 19 heteroatoms. The molecule has 17 nitrogen and oxygen atoms in total. The molecule has 0 amide bonds. The summed E-state index contributed by atoms with van der Waals surface area (Å²) < 4.78 is 68.5. The molecule has 582 valence electrons. The van der Waals surface area contributed by atoms with Gasteiger partial charge in [-0.3, -0.25) is 37.3 Å². The Labute approximate surface area is 609 Å². The lowest BCUT2D eigenvalue weighted by atomic mass is 10.0. The van der Waals surface area contributed by atoms with Crippen LogP contribution in [0.3, 0.4) is 0 Å². The number of aliphatic hydroxyl groups excluding tert-OH is 1. The zero-order valence-corrected chi connectivity index (χ0v) is 65.4. The van der Waals surface area contributed by atoms with Crippen molar-refractivity contribution in [3.8, 4) is 0 Å². The number of ether oxygens (including phenoxy) is 4. The molecular weight excluding hydrogens is 1310 g/mol. The minimum absolute atomic E-state index is 0.0244. The zero-order valence-electron chi connectivity index (χ0n) is 63.6. The number of carbonyl (C=O) groups excluding carboxylic acids is 4. The highest BCUT2D eigenvalue weighted by Crippen LogP contribution is 2.45. The van der Waals surface area contributed by atoms with Crippen molar-refractivity contribution in [1.29, 1.82) is 0 Å². The molecule has 0 aliphatic carbocycles. The second kappa shape index (κ2) is 73.8. The molecule has 0 aromatic rings. The van der Waals surface area contributed by atoms with Crippen LogP contribution in [0.25, 0.3) is 0 Å². The first-order valence-electron chi connectivity index (χ1n) is 40.2. The molecule has 3 N–H and O–H groups in total. The van der Waals surface area contributed by atoms with Gasteiger partial charge >= 0.3 is 39.5 Å². The predicted octanol–water partition coefficient (Wildman–Crippen LogP) is 23.2. The predicted molar refractivity (Wildman–Crippen MR) is 409 cm³/mol. The Bertz CT molecular complexity index is 2180. The third-order valence-electron chi connectivity index (χ3n) is 17.2. The minimum Gasteiger partial charge on any atom is -0.462 e. The van der Waals surface area contributed by atoms with Gasteiger partial charge in [0, 0.05) is 25.7 Å². The van der Waals surface area contributed by atoms with E-state index in [2.05, 4.69) is 82.4 Å². The molecule has 0 aromatic heterocycles. The van der Waals surface area contributed by atoms with Crippen LogP contribution in [-0.2, 0) is 65.4 Å². The summed E-state index contributed by atoms with van der Waals surface area (Å²) >= 11 is 0. The number of hydrogen-bond donors (Lipinski definition) is 3. The van der Waals surface area contributed by atoms with Crippen molar-refractivity contribution >= 4 is 39.5 Å². The molecule has 0 aromatic carbocycles. The van der Waals surface area contributed by atoms with Gasteiger partial charge in [-0.2, -0.15) is 0 Å². The second-order valence-corrected chi connectivity index (χ2v) is 29.9. The quantitative estimate of drug-likeness (QED) is 0.0169. The van der Waals surface area contributed by atoms with Crippen LogP contribution in [0.2, 0.25) is 0 Å². The Morgan fingerprint density at radius 2 is 0.510 bits per heavy atom. The molecule has 0 heterocycles. The van der Waals surface area contributed by atoms with E-state index in [1.807, 2.05) is 18.2 Å². The topological polar surface area (TPSA) is 237 Å². The van der Waals surface area contributed by atoms with E-state index in [1.54, 1.807) is 0 Å². The summed E-state index contributed by atoms with van der Waals surface area (Å²) in [6, 6.07) is 0. The van der Waals surface area contributed by atoms with Gasteiger partial charge in [-0.15, -0.1) is 0 Å². The maximum absolute atomic E-state index is 13.1. The van der Waals surface area contributed by atoms with Gasteiger partial charge in [-0.1, -0.05) is 319 Å². The third kappa shape index (κ3) is 72.8. The summed E-state index contributed by atoms with van der Waals surface area (Å²) in [6.07, 6.45) is 74.7. The Morgan fingerprint density at radius 3 is 0.840 bits per heavy atom. The highest BCUT2D eigenvalue weighted by Gasteiger charge is 2.30. The van der Waals surface area contributed by atoms with Crippen molar-refractivity contribution in [3.05, 3.63) is 72.9 Å². The fourth-order valence-electron chi connectivity index (χ4n) is 11.0. The highest BCUT2D eigenvalue weighted by atomic mass is 31.2. The van der Waals surface area contributed by atoms with Gasteiger partial charge in [0.1, 0.15) is 19.3 Å². The minimum atomic E-state index is -4.99. The summed E-state index contributed by atoms with van der Waals surface area (Å²) in [4.78, 5) is 72.9. The Balaban J connectivity index is 5.39. The van der Waals surface area contributed by atoms with Gasteiger partial charge in [0.25, 0.3) is 0 Å². The van der Waals surface area contributed by atoms with E-state index >= 15 is 0 Å². The fraction of sp³-hybridized carbons (Fsp3) is 0.802. The molecule has 100 heavy (non-hydrogen) atoms. The number of phosphoric acid groups is 2. The van der Waals surface area contributed by atoms with E-state index in [0.29, 0.717) is 32.1 Å². The molecule has 0 spiro atoms. The lowest BCUT2D eigenvalue weighted by Crippen LogP contribution is -2.30. The molecule has 0 aliphatic heterocycles. The number of carbonyl (C=O) groups is 4. The van der Waals surface area contributed by atoms with Crippen molar-refractivity contribution < 1.29 is 80.2 Å². The maximum atomic E-state index is 13.1. The van der Waals surface area contributed by atoms with Crippen LogP contribution in [0, 0.1) is 0 Å². The highest BCUT2D eigenvalue weighted by molar-refractivity contribution is 7.47. The number of rotatable bonds is 76. The maximum Gasteiger partial charge on any atom is 0.472 e. The van der Waals surface area contributed by atoms with Crippen LogP contribution in [0.4, 0.5) is 0 Å². The molecule has 0 radical (unpaired) electrons. The number of unbranched alkanes of at least 4 members (excludes halogenated alkanes) is 38. The van der Waals surface area contributed by atoms with Crippen LogP contribution < -0.4 is 0 Å². The van der Waals surface area contributed by atoms with Crippen molar-refractivity contribution in [2.24, 2.45) is 0 Å². The number of allylic oxidation sites excluding steroid dienone is 12. The van der Waals surface area contributed by atoms with Gasteiger partial charge in [0.15, 0.2) is 12.2 Å². The smallest absolute Gasteiger partial charge is 0.462 e. The Morgan fingerprint density at radius 1 is 0.280 bits per heavy atom. The SMILES string of the molecule is CCCCC/C=C\C/C=C\C/C=C\C/C=C\C/C=C\CCC(=O)O[C@H](COC(=O)CCCCCCCCCCCCCCC)COP(=O)(O)OC[C@@H](O)COP(=O)(O)OC[C@@H](COC(=O)CCCCCCCCCCCCCCC)OC(=O)CCCCCCC/C=C\CCCCCCCC. The standard InChI is InChI=1S/C81H146O17P2/c1-5-9-13-17-21-25-29-33-35-36-37-38-40-44-48-52-56-60-64-68-81(86)98-77(72-92-79(84)66-62-58-54-50-46-42-32-28-24-20-16-12-8-4)74-96-100(89,90)94-70-75(82)69-93-99(87,88)95-73-76(71-91-78(83)65-61-57-53-49-45-41-31-27-23-19-15-11-7-3)97-80(85)67-63-59-55-51-47-43-39-34-30-26-22-18-14-10-6-2/h21,25,33-35,37-39,44,48,56,60,75-77,82H,5-20,22-24,26-32,36,40-43,45-47,49-55,57-59,61-74H2,1-4H3,(H,87,88)(H,89,90)/b25-21-,35-33-,38-37-,39-34-,48-44-,60-56-/t75-,76+,77+/m0/s1. The average Bonchev–Trinajstić information content (AvgIpc) is 1.01. The molecule has 0 aliphatic rings. The summed E-state index contributed by atoms with van der Waals surface area (Å²) in [5, 5.41) is 10.6. The van der Waals surface area contributed by atoms with Crippen LogP contribution in [0.15, 0.2) is 72.9 Å². The largest absolute Gasteiger partial charge is 0.472 e. The molecule has 0 fully saturated rings. The molecular formula is C81H146O17P2. The third-order valence-corrected chi connectivity index (χ3v) is 19.1. The van der Waals surface area contributed by atoms with Gasteiger partial charge in [-0.05, 0) is 89.9 Å². The summed E-state index contributed by atoms with van der Waals surface area (Å²) in [5.41, 5.74) is 0. The second-order valence-electron chi connectivity index (χ2n) is 27.0. The fourth-order valence-corrected chi connectivity index (χ4v) is 12.6. The normalized spacial score (nSPS) is 14.3. The lowest BCUT2D eigenvalue weighted by Gasteiger charge is -2.21.